The Balaban J connectivity index is 1.99. The summed E-state index contributed by atoms with van der Waals surface area (Å²) in [6.07, 6.45) is 2.47. The van der Waals surface area contributed by atoms with E-state index in [9.17, 15) is 0 Å². The monoisotopic (exact) mass is 254 g/mol. The van der Waals surface area contributed by atoms with Gasteiger partial charge in [0.25, 0.3) is 0 Å². The molecule has 0 amide bonds. The Labute approximate surface area is 112 Å². The molecule has 2 rings (SSSR count). The number of nitrogens with two attached hydrogens (primary N) is 1. The molecule has 4 unspecified atom stereocenters. The van der Waals surface area contributed by atoms with Crippen LogP contribution in [0, 0.1) is 17.3 Å². The van der Waals surface area contributed by atoms with Crippen LogP contribution >= 0.6 is 0 Å². The van der Waals surface area contributed by atoms with E-state index in [-0.39, 0.29) is 0 Å². The van der Waals surface area contributed by atoms with Crippen LogP contribution in [0.2, 0.25) is 0 Å². The van der Waals surface area contributed by atoms with Crippen molar-refractivity contribution in [2.45, 2.75) is 52.6 Å². The van der Waals surface area contributed by atoms with Crippen LogP contribution in [0.5, 0.6) is 0 Å². The van der Waals surface area contributed by atoms with Crippen molar-refractivity contribution in [3.63, 3.8) is 0 Å². The van der Waals surface area contributed by atoms with Crippen LogP contribution in [0.3, 0.4) is 0 Å². The van der Waals surface area contributed by atoms with Crippen LogP contribution in [0.4, 0.5) is 0 Å². The van der Waals surface area contributed by atoms with E-state index >= 15 is 0 Å². The van der Waals surface area contributed by atoms with Gasteiger partial charge in [0.15, 0.2) is 0 Å². The molecule has 1 saturated heterocycles. The van der Waals surface area contributed by atoms with Crippen molar-refractivity contribution >= 4 is 0 Å². The van der Waals surface area contributed by atoms with E-state index in [1.807, 2.05) is 0 Å². The Hall–Kier alpha value is -0.120. The lowest BCUT2D eigenvalue weighted by Crippen LogP contribution is -2.53. The summed E-state index contributed by atoms with van der Waals surface area (Å²) >= 11 is 0. The molecule has 1 saturated carbocycles. The molecule has 0 bridgehead atoms. The van der Waals surface area contributed by atoms with Gasteiger partial charge in [-0.3, -0.25) is 4.90 Å². The quantitative estimate of drug-likeness (QED) is 0.820. The average molecular weight is 254 g/mol. The zero-order valence-corrected chi connectivity index (χ0v) is 12.5. The maximum atomic E-state index is 6.24. The first-order chi connectivity index (χ1) is 8.43. The third-order valence-electron chi connectivity index (χ3n) is 5.68. The van der Waals surface area contributed by atoms with E-state index in [0.29, 0.717) is 23.4 Å². The van der Waals surface area contributed by atoms with Gasteiger partial charge in [-0.25, -0.2) is 0 Å². The van der Waals surface area contributed by atoms with E-state index < -0.39 is 0 Å². The Kier molecular flexibility index (Phi) is 4.35. The van der Waals surface area contributed by atoms with Crippen LogP contribution in [-0.4, -0.2) is 43.3 Å². The summed E-state index contributed by atoms with van der Waals surface area (Å²) in [6.45, 7) is 13.5. The molecular formula is C15H30N2O. The van der Waals surface area contributed by atoms with Gasteiger partial charge in [-0.2, -0.15) is 0 Å². The lowest BCUT2D eigenvalue weighted by atomic mass is 9.61. The van der Waals surface area contributed by atoms with E-state index in [0.717, 1.165) is 25.7 Å². The van der Waals surface area contributed by atoms with Gasteiger partial charge in [-0.15, -0.1) is 0 Å². The number of morpholine rings is 1. The molecule has 3 nitrogen and oxygen atoms in total. The second kappa shape index (κ2) is 5.48. The van der Waals surface area contributed by atoms with Crippen molar-refractivity contribution in [1.82, 2.24) is 4.90 Å². The Morgan fingerprint density at radius 1 is 1.28 bits per heavy atom. The normalized spacial score (nSPS) is 41.8. The summed E-state index contributed by atoms with van der Waals surface area (Å²) in [6, 6.07) is 0.957. The molecule has 0 spiro atoms. The molecule has 1 aliphatic heterocycles. The van der Waals surface area contributed by atoms with Crippen molar-refractivity contribution < 1.29 is 4.74 Å². The fourth-order valence-electron chi connectivity index (χ4n) is 3.58. The SMILES string of the molecule is CC1COCCN1CC1CCC(N)C(C)C1(C)C. The van der Waals surface area contributed by atoms with E-state index in [2.05, 4.69) is 32.6 Å². The minimum atomic E-state index is 0.357. The fourth-order valence-corrected chi connectivity index (χ4v) is 3.58. The second-order valence-corrected chi connectivity index (χ2v) is 6.97. The van der Waals surface area contributed by atoms with Crippen LogP contribution in [-0.2, 0) is 4.74 Å². The topological polar surface area (TPSA) is 38.5 Å². The molecule has 106 valence electrons. The maximum Gasteiger partial charge on any atom is 0.0619 e. The van der Waals surface area contributed by atoms with E-state index in [1.165, 1.54) is 19.4 Å². The number of hydrogen-bond acceptors (Lipinski definition) is 3. The summed E-state index contributed by atoms with van der Waals surface area (Å²) in [5.74, 6) is 1.39. The lowest BCUT2D eigenvalue weighted by molar-refractivity contribution is -0.0358. The molecule has 1 heterocycles. The fraction of sp³-hybridized carbons (Fsp3) is 1.00. The van der Waals surface area contributed by atoms with Gasteiger partial charge in [-0.05, 0) is 37.0 Å². The first-order valence-corrected chi connectivity index (χ1v) is 7.50. The Morgan fingerprint density at radius 3 is 2.67 bits per heavy atom. The molecule has 2 fully saturated rings. The molecule has 0 aromatic carbocycles. The summed E-state index contributed by atoms with van der Waals surface area (Å²) in [4.78, 5) is 2.61. The minimum absolute atomic E-state index is 0.357. The highest BCUT2D eigenvalue weighted by Crippen LogP contribution is 2.44. The molecule has 3 heteroatoms. The second-order valence-electron chi connectivity index (χ2n) is 6.97. The smallest absolute Gasteiger partial charge is 0.0619 e. The van der Waals surface area contributed by atoms with Gasteiger partial charge in [0.2, 0.25) is 0 Å². The van der Waals surface area contributed by atoms with Gasteiger partial charge in [0.05, 0.1) is 13.2 Å². The van der Waals surface area contributed by atoms with Gasteiger partial charge in [0, 0.05) is 25.2 Å². The Bertz CT molecular complexity index is 280. The van der Waals surface area contributed by atoms with Crippen molar-refractivity contribution in [2.24, 2.45) is 23.0 Å². The minimum Gasteiger partial charge on any atom is -0.379 e. The molecule has 1 aliphatic carbocycles. The molecule has 18 heavy (non-hydrogen) atoms. The molecule has 0 aromatic rings. The number of nitrogens with zero attached hydrogens (tertiary/aromatic N) is 1. The van der Waals surface area contributed by atoms with Crippen LogP contribution in [0.15, 0.2) is 0 Å². The molecule has 0 radical (unpaired) electrons. The van der Waals surface area contributed by atoms with Gasteiger partial charge in [0.1, 0.15) is 0 Å². The van der Waals surface area contributed by atoms with Gasteiger partial charge >= 0.3 is 0 Å². The average Bonchev–Trinajstić information content (AvgIpc) is 2.33. The zero-order valence-electron chi connectivity index (χ0n) is 12.5. The van der Waals surface area contributed by atoms with Gasteiger partial charge < -0.3 is 10.5 Å². The highest BCUT2D eigenvalue weighted by atomic mass is 16.5. The first-order valence-electron chi connectivity index (χ1n) is 7.50. The number of rotatable bonds is 2. The van der Waals surface area contributed by atoms with Gasteiger partial charge in [-0.1, -0.05) is 20.8 Å². The molecule has 2 N–H and O–H groups in total. The zero-order chi connectivity index (χ0) is 13.3. The summed E-state index contributed by atoms with van der Waals surface area (Å²) < 4.78 is 5.53. The highest BCUT2D eigenvalue weighted by molar-refractivity contribution is 4.95. The lowest BCUT2D eigenvalue weighted by Gasteiger charge is -2.49. The molecule has 2 aliphatic rings. The first kappa shape index (κ1) is 14.3. The number of hydrogen-bond donors (Lipinski definition) is 1. The van der Waals surface area contributed by atoms with Crippen molar-refractivity contribution in [3.8, 4) is 0 Å². The van der Waals surface area contributed by atoms with Crippen molar-refractivity contribution in [1.29, 1.82) is 0 Å². The van der Waals surface area contributed by atoms with Crippen molar-refractivity contribution in [3.05, 3.63) is 0 Å². The molecule has 4 atom stereocenters. The summed E-state index contributed by atoms with van der Waals surface area (Å²) in [5.41, 5.74) is 6.60. The standard InChI is InChI=1S/C15H30N2O/c1-11-10-18-8-7-17(11)9-13-5-6-14(16)12(2)15(13,3)4/h11-14H,5-10,16H2,1-4H3. The van der Waals surface area contributed by atoms with Crippen molar-refractivity contribution in [2.75, 3.05) is 26.3 Å². The number of ether oxygens (including phenoxy) is 1. The molecule has 0 aromatic heterocycles. The summed E-state index contributed by atoms with van der Waals surface area (Å²) in [5, 5.41) is 0. The Morgan fingerprint density at radius 2 is 2.00 bits per heavy atom. The predicted octanol–water partition coefficient (Wildman–Crippen LogP) is 2.11. The highest BCUT2D eigenvalue weighted by Gasteiger charge is 2.42. The van der Waals surface area contributed by atoms with Crippen LogP contribution in [0.25, 0.3) is 0 Å². The van der Waals surface area contributed by atoms with E-state index in [4.69, 9.17) is 10.5 Å². The maximum absolute atomic E-state index is 6.24. The predicted molar refractivity (Wildman–Crippen MR) is 75.5 cm³/mol. The van der Waals surface area contributed by atoms with E-state index in [1.54, 1.807) is 0 Å². The van der Waals surface area contributed by atoms with Crippen LogP contribution < -0.4 is 5.73 Å². The van der Waals surface area contributed by atoms with Crippen LogP contribution in [0.1, 0.15) is 40.5 Å². The summed E-state index contributed by atoms with van der Waals surface area (Å²) in [7, 11) is 0. The molecular weight excluding hydrogens is 224 g/mol. The third kappa shape index (κ3) is 2.73. The largest absolute Gasteiger partial charge is 0.379 e. The third-order valence-corrected chi connectivity index (χ3v) is 5.68.